The lowest BCUT2D eigenvalue weighted by atomic mass is 10.0. The lowest BCUT2D eigenvalue weighted by molar-refractivity contribution is -0.161. The number of unbranched alkanes of at least 4 members (excludes halogenated alkanes) is 26. The van der Waals surface area contributed by atoms with Crippen molar-refractivity contribution in [3.8, 4) is 0 Å². The van der Waals surface area contributed by atoms with E-state index < -0.39 is 26.5 Å². The molecule has 0 heterocycles. The van der Waals surface area contributed by atoms with Crippen molar-refractivity contribution in [1.82, 2.24) is 0 Å². The monoisotopic (exact) mass is 1280 g/mol. The quantitative estimate of drug-likeness (QED) is 0.0264. The first-order chi connectivity index (χ1) is 44.8. The average molecular weight is 1280 g/mol. The van der Waals surface area contributed by atoms with Gasteiger partial charge in [-0.3, -0.25) is 18.6 Å². The molecule has 91 heavy (non-hydrogen) atoms. The average Bonchev–Trinajstić information content (AvgIpc) is 3.74. The second-order valence-electron chi connectivity index (χ2n) is 23.7. The van der Waals surface area contributed by atoms with Gasteiger partial charge in [0, 0.05) is 19.4 Å². The van der Waals surface area contributed by atoms with Gasteiger partial charge < -0.3 is 20.1 Å². The lowest BCUT2D eigenvalue weighted by Crippen LogP contribution is -2.29. The van der Waals surface area contributed by atoms with Crippen LogP contribution in [0.5, 0.6) is 0 Å². The molecule has 516 valence electrons. The zero-order chi connectivity index (χ0) is 65.8. The van der Waals surface area contributed by atoms with E-state index >= 15 is 0 Å². The molecule has 0 radical (unpaired) electrons. The molecule has 0 spiro atoms. The third-order valence-electron chi connectivity index (χ3n) is 15.1. The van der Waals surface area contributed by atoms with Crippen molar-refractivity contribution in [3.63, 3.8) is 0 Å². The molecule has 0 fully saturated rings. The van der Waals surface area contributed by atoms with E-state index in [0.29, 0.717) is 6.42 Å². The first-order valence-corrected chi connectivity index (χ1v) is 38.1. The summed E-state index contributed by atoms with van der Waals surface area (Å²) < 4.78 is 33.2. The molecule has 0 rings (SSSR count). The van der Waals surface area contributed by atoms with Gasteiger partial charge in [0.25, 0.3) is 0 Å². The Kier molecular flexibility index (Phi) is 70.6. The fourth-order valence-corrected chi connectivity index (χ4v) is 10.5. The molecule has 0 amide bonds. The summed E-state index contributed by atoms with van der Waals surface area (Å²) in [6.45, 7) is 3.52. The second kappa shape index (κ2) is 74.4. The number of nitrogens with two attached hydrogens (primary N) is 1. The summed E-state index contributed by atoms with van der Waals surface area (Å²) in [6.07, 6.45) is 110. The van der Waals surface area contributed by atoms with E-state index in [4.69, 9.17) is 24.3 Å². The summed E-state index contributed by atoms with van der Waals surface area (Å²) in [5.74, 6) is -0.832. The molecular weight excluding hydrogens is 1150 g/mol. The summed E-state index contributed by atoms with van der Waals surface area (Å²) in [5, 5.41) is 0. The van der Waals surface area contributed by atoms with Crippen LogP contribution in [0.3, 0.4) is 0 Å². The number of carbonyl (C=O) groups excluding carboxylic acids is 2. The van der Waals surface area contributed by atoms with Gasteiger partial charge in [0.15, 0.2) is 6.10 Å². The minimum absolute atomic E-state index is 0.0466. The maximum atomic E-state index is 12.8. The van der Waals surface area contributed by atoms with Gasteiger partial charge in [0.1, 0.15) is 6.61 Å². The molecule has 0 aliphatic carbocycles. The van der Waals surface area contributed by atoms with E-state index in [0.717, 1.165) is 128 Å². The summed E-state index contributed by atoms with van der Waals surface area (Å²) in [6, 6.07) is 0. The van der Waals surface area contributed by atoms with Gasteiger partial charge in [-0.15, -0.1) is 0 Å². The number of allylic oxidation sites excluding steroid dienone is 28. The normalized spacial score (nSPS) is 13.9. The molecule has 0 bridgehead atoms. The predicted octanol–water partition coefficient (Wildman–Crippen LogP) is 24.5. The van der Waals surface area contributed by atoms with Gasteiger partial charge in [0.2, 0.25) is 0 Å². The van der Waals surface area contributed by atoms with Crippen molar-refractivity contribution in [3.05, 3.63) is 170 Å². The Morgan fingerprint density at radius 1 is 0.330 bits per heavy atom. The van der Waals surface area contributed by atoms with Crippen LogP contribution in [0.1, 0.15) is 296 Å². The van der Waals surface area contributed by atoms with E-state index in [1.54, 1.807) is 0 Å². The van der Waals surface area contributed by atoms with Crippen molar-refractivity contribution in [2.24, 2.45) is 5.73 Å². The first kappa shape index (κ1) is 86.4. The highest BCUT2D eigenvalue weighted by atomic mass is 31.2. The van der Waals surface area contributed by atoms with Gasteiger partial charge in [-0.05, 0) is 128 Å². The maximum absolute atomic E-state index is 12.8. The number of phosphoric acid groups is 1. The smallest absolute Gasteiger partial charge is 0.462 e. The Labute approximate surface area is 559 Å². The van der Waals surface area contributed by atoms with Crippen LogP contribution in [0, 0.1) is 0 Å². The van der Waals surface area contributed by atoms with E-state index in [-0.39, 0.29) is 38.6 Å². The van der Waals surface area contributed by atoms with E-state index in [9.17, 15) is 19.0 Å². The van der Waals surface area contributed by atoms with Crippen LogP contribution in [-0.4, -0.2) is 49.3 Å². The number of carbonyl (C=O) groups is 2. The topological polar surface area (TPSA) is 134 Å². The fourth-order valence-electron chi connectivity index (χ4n) is 9.78. The zero-order valence-corrected chi connectivity index (χ0v) is 58.9. The predicted molar refractivity (Wildman–Crippen MR) is 394 cm³/mol. The molecule has 0 aromatic heterocycles. The number of ether oxygens (including phenoxy) is 2. The molecule has 0 aromatic carbocycles. The third-order valence-corrected chi connectivity index (χ3v) is 16.1. The van der Waals surface area contributed by atoms with Crippen molar-refractivity contribution >= 4 is 19.8 Å². The SMILES string of the molecule is CC/C=C\C/C=C\C/C=C\C/C=C\C/C=C\C/C=C\C/C=C\C/C=C\C/C=C\CCCCCCCCCCCCCCCC(=O)OC(COC(=O)CCCCCCCCCCCCCCC/C=C\C/C=C\C/C=C\C/C=C\C/C=C\CC)COP(=O)(O)OCCN. The van der Waals surface area contributed by atoms with E-state index in [1.807, 2.05) is 0 Å². The minimum atomic E-state index is -4.41. The van der Waals surface area contributed by atoms with Crippen LogP contribution >= 0.6 is 7.82 Å². The Morgan fingerprint density at radius 3 is 0.846 bits per heavy atom. The minimum Gasteiger partial charge on any atom is -0.462 e. The molecule has 0 aliphatic heterocycles. The number of rotatable bonds is 67. The molecule has 10 heteroatoms. The van der Waals surface area contributed by atoms with Crippen molar-refractivity contribution in [2.45, 2.75) is 302 Å². The summed E-state index contributed by atoms with van der Waals surface area (Å²) in [4.78, 5) is 35.4. The van der Waals surface area contributed by atoms with Crippen molar-refractivity contribution < 1.29 is 37.6 Å². The molecule has 0 saturated carbocycles. The van der Waals surface area contributed by atoms with E-state index in [2.05, 4.69) is 184 Å². The Hall–Kier alpha value is -4.63. The highest BCUT2D eigenvalue weighted by molar-refractivity contribution is 7.47. The largest absolute Gasteiger partial charge is 0.472 e. The van der Waals surface area contributed by atoms with Crippen molar-refractivity contribution in [2.75, 3.05) is 26.4 Å². The standard InChI is InChI=1S/C81H134NO8P/c1-3-5-7-9-11-13-15-17-19-21-23-25-27-29-31-33-34-35-36-37-38-39-40-41-42-43-44-46-48-50-52-54-56-58-60-62-64-66-68-70-72-74-81(84)90-79(78-89-91(85,86)88-76-75-82)77-87-80(83)73-71-69-67-65-63-61-59-57-55-53-51-49-47-45-32-30-28-26-24-22-20-18-16-14-12-10-8-6-4-2/h5-8,11-14,17-20,23-26,29-32,34-35,37-38,40-41,43-44,79H,3-4,9-10,15-16,21-22,27-28,33,36,39,42,45-78,82H2,1-2H3,(H,85,86)/b7-5-,8-6-,13-11-,14-12-,19-17-,20-18-,25-23-,26-24-,31-29-,32-30-,35-34-,38-37-,41-40-,44-43-. The Balaban J connectivity index is 3.91. The van der Waals surface area contributed by atoms with Crippen LogP contribution in [-0.2, 0) is 32.7 Å². The second-order valence-corrected chi connectivity index (χ2v) is 25.1. The molecule has 9 nitrogen and oxygen atoms in total. The molecule has 0 aromatic rings. The lowest BCUT2D eigenvalue weighted by Gasteiger charge is -2.19. The number of hydrogen-bond acceptors (Lipinski definition) is 8. The van der Waals surface area contributed by atoms with Crippen LogP contribution < -0.4 is 5.73 Å². The molecule has 2 atom stereocenters. The maximum Gasteiger partial charge on any atom is 0.472 e. The van der Waals surface area contributed by atoms with E-state index in [1.165, 1.54) is 135 Å². The van der Waals surface area contributed by atoms with Crippen LogP contribution in [0.15, 0.2) is 170 Å². The first-order valence-electron chi connectivity index (χ1n) is 36.6. The van der Waals surface area contributed by atoms with Gasteiger partial charge in [-0.1, -0.05) is 325 Å². The zero-order valence-electron chi connectivity index (χ0n) is 58.0. The number of esters is 2. The summed E-state index contributed by atoms with van der Waals surface area (Å²) in [7, 11) is -4.41. The van der Waals surface area contributed by atoms with Gasteiger partial charge in [-0.2, -0.15) is 0 Å². The highest BCUT2D eigenvalue weighted by Gasteiger charge is 2.26. The number of phosphoric ester groups is 1. The Morgan fingerprint density at radius 2 is 0.571 bits per heavy atom. The van der Waals surface area contributed by atoms with Crippen molar-refractivity contribution in [1.29, 1.82) is 0 Å². The molecule has 0 aliphatic rings. The summed E-state index contributed by atoms with van der Waals surface area (Å²) in [5.41, 5.74) is 5.41. The molecule has 3 N–H and O–H groups in total. The fraction of sp³-hybridized carbons (Fsp3) is 0.630. The van der Waals surface area contributed by atoms with Crippen LogP contribution in [0.25, 0.3) is 0 Å². The van der Waals surface area contributed by atoms with Crippen LogP contribution in [0.4, 0.5) is 0 Å². The van der Waals surface area contributed by atoms with Crippen LogP contribution in [0.2, 0.25) is 0 Å². The molecule has 0 saturated heterocycles. The Bertz CT molecular complexity index is 2100. The molecule has 2 unspecified atom stereocenters. The number of hydrogen-bond donors (Lipinski definition) is 2. The third kappa shape index (κ3) is 74.3. The summed E-state index contributed by atoms with van der Waals surface area (Å²) >= 11 is 0. The van der Waals surface area contributed by atoms with Gasteiger partial charge in [-0.25, -0.2) is 4.57 Å². The van der Waals surface area contributed by atoms with Gasteiger partial charge >= 0.3 is 19.8 Å². The van der Waals surface area contributed by atoms with Gasteiger partial charge in [0.05, 0.1) is 13.2 Å². The highest BCUT2D eigenvalue weighted by Crippen LogP contribution is 2.43. The molecular formula is C81H134NO8P.